The van der Waals surface area contributed by atoms with E-state index in [-0.39, 0.29) is 17.3 Å². The van der Waals surface area contributed by atoms with Crippen molar-refractivity contribution in [3.05, 3.63) is 5.21 Å². The Hall–Kier alpha value is -0.120. The van der Waals surface area contributed by atoms with Crippen molar-refractivity contribution in [3.8, 4) is 0 Å². The average Bonchev–Trinajstić information content (AvgIpc) is 2.16. The third-order valence-electron chi connectivity index (χ3n) is 3.82. The van der Waals surface area contributed by atoms with Gasteiger partial charge in [-0.2, -0.15) is 0 Å². The molecule has 0 aromatic carbocycles. The molecule has 2 heterocycles. The van der Waals surface area contributed by atoms with Crippen molar-refractivity contribution < 1.29 is 9.75 Å². The summed E-state index contributed by atoms with van der Waals surface area (Å²) in [6.45, 7) is 0.829. The van der Waals surface area contributed by atoms with Crippen molar-refractivity contribution in [2.45, 2.75) is 50.6 Å². The Morgan fingerprint density at radius 3 is 2.69 bits per heavy atom. The van der Waals surface area contributed by atoms with Gasteiger partial charge in [-0.1, -0.05) is 0 Å². The molecule has 0 amide bonds. The molecule has 0 spiro atoms. The number of hydrogen-bond donors (Lipinski definition) is 1. The van der Waals surface area contributed by atoms with Gasteiger partial charge in [0.2, 0.25) is 0 Å². The van der Waals surface area contributed by atoms with Crippen LogP contribution in [-0.2, 0) is 0 Å². The molecule has 3 nitrogen and oxygen atoms in total. The van der Waals surface area contributed by atoms with Crippen molar-refractivity contribution in [3.63, 3.8) is 0 Å². The van der Waals surface area contributed by atoms with Gasteiger partial charge in [0.05, 0.1) is 19.2 Å². The topological polar surface area (TPSA) is 43.3 Å². The van der Waals surface area contributed by atoms with Crippen molar-refractivity contribution in [1.29, 1.82) is 0 Å². The molecular formula is C10H19NO2. The maximum atomic E-state index is 12.4. The monoisotopic (exact) mass is 185 g/mol. The third-order valence-corrected chi connectivity index (χ3v) is 3.82. The van der Waals surface area contributed by atoms with Gasteiger partial charge in [-0.15, -0.1) is 0 Å². The fraction of sp³-hybridized carbons (Fsp3) is 1.00. The highest BCUT2D eigenvalue weighted by Gasteiger charge is 2.40. The van der Waals surface area contributed by atoms with Crippen LogP contribution in [0.25, 0.3) is 0 Å². The summed E-state index contributed by atoms with van der Waals surface area (Å²) < 4.78 is -0.0729. The number of quaternary nitrogens is 1. The zero-order valence-corrected chi connectivity index (χ0v) is 8.11. The number of piperidine rings is 2. The molecule has 0 aliphatic carbocycles. The lowest BCUT2D eigenvalue weighted by Gasteiger charge is -2.58. The Bertz CT molecular complexity index is 175. The van der Waals surface area contributed by atoms with Gasteiger partial charge in [0.25, 0.3) is 0 Å². The molecule has 2 saturated heterocycles. The molecule has 2 fully saturated rings. The lowest BCUT2D eigenvalue weighted by molar-refractivity contribution is -0.939. The minimum atomic E-state index is -0.0729. The van der Waals surface area contributed by atoms with E-state index in [0.29, 0.717) is 6.04 Å². The van der Waals surface area contributed by atoms with Gasteiger partial charge in [0, 0.05) is 6.42 Å². The summed E-state index contributed by atoms with van der Waals surface area (Å²) in [5.41, 5.74) is 0. The van der Waals surface area contributed by atoms with Gasteiger partial charge < -0.3 is 15.0 Å². The van der Waals surface area contributed by atoms with Gasteiger partial charge in [0.15, 0.2) is 0 Å². The third kappa shape index (κ3) is 1.49. The van der Waals surface area contributed by atoms with Crippen LogP contribution in [0.2, 0.25) is 0 Å². The fourth-order valence-electron chi connectivity index (χ4n) is 3.02. The van der Waals surface area contributed by atoms with Gasteiger partial charge in [-0.25, -0.2) is 0 Å². The number of aliphatic hydroxyl groups excluding tert-OH is 1. The van der Waals surface area contributed by atoms with E-state index < -0.39 is 0 Å². The summed E-state index contributed by atoms with van der Waals surface area (Å²) in [5, 5.41) is 21.6. The van der Waals surface area contributed by atoms with Gasteiger partial charge in [-0.05, 0) is 32.1 Å². The quantitative estimate of drug-likeness (QED) is 0.495. The lowest BCUT2D eigenvalue weighted by atomic mass is 9.88. The molecule has 3 atom stereocenters. The van der Waals surface area contributed by atoms with E-state index >= 15 is 0 Å². The van der Waals surface area contributed by atoms with Crippen LogP contribution in [0.5, 0.6) is 0 Å². The van der Waals surface area contributed by atoms with Crippen molar-refractivity contribution in [2.75, 3.05) is 13.2 Å². The maximum absolute atomic E-state index is 12.4. The zero-order valence-electron chi connectivity index (χ0n) is 8.11. The predicted octanol–water partition coefficient (Wildman–Crippen LogP) is 1.40. The molecule has 0 radical (unpaired) electrons. The fourth-order valence-corrected chi connectivity index (χ4v) is 3.02. The summed E-state index contributed by atoms with van der Waals surface area (Å²) in [4.78, 5) is 0. The van der Waals surface area contributed by atoms with E-state index in [1.54, 1.807) is 0 Å². The minimum absolute atomic E-state index is 0.0148. The molecule has 2 aliphatic rings. The smallest absolute Gasteiger partial charge is 0.112 e. The molecule has 0 bridgehead atoms. The Labute approximate surface area is 79.5 Å². The van der Waals surface area contributed by atoms with E-state index in [1.165, 1.54) is 6.42 Å². The largest absolute Gasteiger partial charge is 0.632 e. The van der Waals surface area contributed by atoms with Crippen LogP contribution in [0.1, 0.15) is 38.5 Å². The average molecular weight is 185 g/mol. The highest BCUT2D eigenvalue weighted by molar-refractivity contribution is 4.77. The number of nitrogens with zero attached hydrogens (tertiary/aromatic N) is 1. The first kappa shape index (κ1) is 9.44. The van der Waals surface area contributed by atoms with Crippen molar-refractivity contribution in [2.24, 2.45) is 0 Å². The van der Waals surface area contributed by atoms with E-state index in [9.17, 15) is 10.3 Å². The Kier molecular flexibility index (Phi) is 2.58. The van der Waals surface area contributed by atoms with E-state index in [0.717, 1.165) is 38.6 Å². The second kappa shape index (κ2) is 3.56. The van der Waals surface area contributed by atoms with Gasteiger partial charge in [-0.3, -0.25) is 0 Å². The van der Waals surface area contributed by atoms with Crippen LogP contribution >= 0.6 is 0 Å². The Balaban J connectivity index is 2.14. The highest BCUT2D eigenvalue weighted by Crippen LogP contribution is 2.36. The zero-order chi connectivity index (χ0) is 9.31. The first-order chi connectivity index (χ1) is 6.27. The summed E-state index contributed by atoms with van der Waals surface area (Å²) in [6, 6.07) is 0.290. The van der Waals surface area contributed by atoms with Gasteiger partial charge >= 0.3 is 0 Å². The van der Waals surface area contributed by atoms with E-state index in [2.05, 4.69) is 0 Å². The van der Waals surface area contributed by atoms with Crippen LogP contribution in [-0.4, -0.2) is 35.0 Å². The van der Waals surface area contributed by atoms with Crippen molar-refractivity contribution in [1.82, 2.24) is 0 Å². The normalized spacial score (nSPS) is 45.7. The molecule has 0 saturated carbocycles. The summed E-state index contributed by atoms with van der Waals surface area (Å²) in [6.07, 6.45) is 6.50. The molecule has 1 unspecified atom stereocenters. The summed E-state index contributed by atoms with van der Waals surface area (Å²) in [5.74, 6) is 0. The first-order valence-electron chi connectivity index (χ1n) is 5.46. The predicted molar refractivity (Wildman–Crippen MR) is 50.9 cm³/mol. The number of aliphatic hydroxyl groups is 1. The molecule has 13 heavy (non-hydrogen) atoms. The molecule has 0 aromatic rings. The summed E-state index contributed by atoms with van der Waals surface area (Å²) >= 11 is 0. The Morgan fingerprint density at radius 1 is 1.15 bits per heavy atom. The number of rotatable bonds is 1. The van der Waals surface area contributed by atoms with Crippen LogP contribution in [0.3, 0.4) is 0 Å². The van der Waals surface area contributed by atoms with Crippen LogP contribution < -0.4 is 0 Å². The maximum Gasteiger partial charge on any atom is 0.112 e. The first-order valence-corrected chi connectivity index (χ1v) is 5.46. The number of hydroxylamine groups is 3. The van der Waals surface area contributed by atoms with Gasteiger partial charge in [0.1, 0.15) is 6.04 Å². The minimum Gasteiger partial charge on any atom is -0.632 e. The molecule has 1 N–H and O–H groups in total. The number of hydrogen-bond acceptors (Lipinski definition) is 2. The second-order valence-corrected chi connectivity index (χ2v) is 4.49. The van der Waals surface area contributed by atoms with Crippen molar-refractivity contribution >= 4 is 0 Å². The molecule has 0 aromatic heterocycles. The molecule has 2 rings (SSSR count). The highest BCUT2D eigenvalue weighted by atomic mass is 16.6. The standard InChI is InChI=1S/C10H19NO2/c12-8-10-6-3-5-9-4-1-2-7-11(9,10)13/h9-10,12H,1-8H2/t9-,10-,11?/m1/s1. The molecule has 3 heteroatoms. The lowest BCUT2D eigenvalue weighted by Crippen LogP contribution is -2.62. The van der Waals surface area contributed by atoms with Crippen LogP contribution in [0, 0.1) is 5.21 Å². The Morgan fingerprint density at radius 2 is 1.92 bits per heavy atom. The second-order valence-electron chi connectivity index (χ2n) is 4.49. The SMILES string of the molecule is [O-][N+]12CCCC[C@@H]1CCC[C@@H]2CO. The van der Waals surface area contributed by atoms with E-state index in [4.69, 9.17) is 0 Å². The molecule has 2 aliphatic heterocycles. The number of fused-ring (bicyclic) bond motifs is 1. The van der Waals surface area contributed by atoms with Crippen LogP contribution in [0.4, 0.5) is 0 Å². The van der Waals surface area contributed by atoms with Crippen LogP contribution in [0.15, 0.2) is 0 Å². The van der Waals surface area contributed by atoms with E-state index in [1.807, 2.05) is 0 Å². The summed E-state index contributed by atoms with van der Waals surface area (Å²) in [7, 11) is 0. The molecular weight excluding hydrogens is 166 g/mol. The molecule has 76 valence electrons.